The van der Waals surface area contributed by atoms with E-state index in [9.17, 15) is 14.4 Å². The molecule has 7 heteroatoms. The van der Waals surface area contributed by atoms with Crippen molar-refractivity contribution in [1.82, 2.24) is 9.88 Å². The van der Waals surface area contributed by atoms with E-state index in [1.54, 1.807) is 18.3 Å². The van der Waals surface area contributed by atoms with E-state index >= 15 is 0 Å². The first-order chi connectivity index (χ1) is 13.5. The van der Waals surface area contributed by atoms with Crippen LogP contribution in [0.5, 0.6) is 0 Å². The van der Waals surface area contributed by atoms with Gasteiger partial charge in [0, 0.05) is 28.1 Å². The van der Waals surface area contributed by atoms with Crippen LogP contribution < -0.4 is 0 Å². The molecule has 2 heterocycles. The van der Waals surface area contributed by atoms with Crippen LogP contribution in [-0.2, 0) is 16.1 Å². The van der Waals surface area contributed by atoms with Crippen molar-refractivity contribution in [2.24, 2.45) is 0 Å². The third-order valence-corrected chi connectivity index (χ3v) is 5.04. The number of carbonyl (C=O) groups excluding carboxylic acids is 3. The minimum Gasteiger partial charge on any atom is -0.466 e. The van der Waals surface area contributed by atoms with E-state index in [4.69, 9.17) is 0 Å². The van der Waals surface area contributed by atoms with Crippen LogP contribution in [0, 0.1) is 0 Å². The molecule has 6 nitrogen and oxygen atoms in total. The summed E-state index contributed by atoms with van der Waals surface area (Å²) in [6.45, 7) is 0.201. The molecule has 3 aromatic rings. The Morgan fingerprint density at radius 2 is 1.96 bits per heavy atom. The zero-order chi connectivity index (χ0) is 19.8. The van der Waals surface area contributed by atoms with Crippen LogP contribution in [0.2, 0.25) is 0 Å². The topological polar surface area (TPSA) is 79.5 Å². The Kier molecular flexibility index (Phi) is 4.52. The molecular formula is C21H16N2O4S. The summed E-state index contributed by atoms with van der Waals surface area (Å²) in [6.07, 6.45) is 4.54. The lowest BCUT2D eigenvalue weighted by Crippen LogP contribution is -2.29. The van der Waals surface area contributed by atoms with Crippen molar-refractivity contribution < 1.29 is 19.1 Å². The quantitative estimate of drug-likeness (QED) is 0.309. The van der Waals surface area contributed by atoms with Gasteiger partial charge in [-0.2, -0.15) is 0 Å². The Morgan fingerprint density at radius 3 is 2.68 bits per heavy atom. The normalized spacial score (nSPS) is 13.6. The number of aromatic nitrogens is 1. The zero-order valence-corrected chi connectivity index (χ0v) is 15.8. The van der Waals surface area contributed by atoms with E-state index in [0.29, 0.717) is 32.5 Å². The predicted octanol–water partition coefficient (Wildman–Crippen LogP) is 3.44. The van der Waals surface area contributed by atoms with Crippen LogP contribution in [0.1, 0.15) is 31.8 Å². The average molecular weight is 392 g/mol. The Bertz CT molecular complexity index is 1150. The summed E-state index contributed by atoms with van der Waals surface area (Å²) in [5, 5.41) is 0.671. The number of rotatable bonds is 4. The van der Waals surface area contributed by atoms with E-state index < -0.39 is 5.97 Å². The minimum atomic E-state index is -0.489. The van der Waals surface area contributed by atoms with Crippen molar-refractivity contribution in [2.45, 2.75) is 11.4 Å². The van der Waals surface area contributed by atoms with Gasteiger partial charge < -0.3 is 9.72 Å². The fourth-order valence-corrected chi connectivity index (χ4v) is 3.73. The lowest BCUT2D eigenvalue weighted by atomic mass is 10.0. The highest BCUT2D eigenvalue weighted by Crippen LogP contribution is 2.36. The summed E-state index contributed by atoms with van der Waals surface area (Å²) in [6, 6.07) is 11.0. The van der Waals surface area contributed by atoms with Crippen molar-refractivity contribution in [3.8, 4) is 0 Å². The molecule has 4 rings (SSSR count). The van der Waals surface area contributed by atoms with Crippen LogP contribution >= 0.6 is 12.6 Å². The summed E-state index contributed by atoms with van der Waals surface area (Å²) in [4.78, 5) is 42.1. The van der Waals surface area contributed by atoms with E-state index in [1.165, 1.54) is 18.1 Å². The molecule has 0 saturated carbocycles. The largest absolute Gasteiger partial charge is 0.466 e. The average Bonchev–Trinajstić information content (AvgIpc) is 3.22. The molecular weight excluding hydrogens is 376 g/mol. The summed E-state index contributed by atoms with van der Waals surface area (Å²) in [5.74, 6) is -1.19. The van der Waals surface area contributed by atoms with Crippen molar-refractivity contribution in [2.75, 3.05) is 7.11 Å². The molecule has 0 spiro atoms. The van der Waals surface area contributed by atoms with Gasteiger partial charge in [-0.15, -0.1) is 12.6 Å². The highest BCUT2D eigenvalue weighted by atomic mass is 32.1. The Labute approximate surface area is 166 Å². The van der Waals surface area contributed by atoms with Crippen LogP contribution in [0.3, 0.4) is 0 Å². The maximum Gasteiger partial charge on any atom is 0.330 e. The van der Waals surface area contributed by atoms with Gasteiger partial charge in [-0.1, -0.05) is 30.3 Å². The Balaban J connectivity index is 1.78. The summed E-state index contributed by atoms with van der Waals surface area (Å²) in [5.41, 5.74) is 2.72. The molecule has 1 aromatic heterocycles. The Morgan fingerprint density at radius 1 is 1.21 bits per heavy atom. The number of methoxy groups -OCH3 is 1. The van der Waals surface area contributed by atoms with Gasteiger partial charge in [-0.3, -0.25) is 14.5 Å². The molecule has 2 aromatic carbocycles. The number of imide groups is 1. The monoisotopic (exact) mass is 392 g/mol. The zero-order valence-electron chi connectivity index (χ0n) is 14.9. The number of ether oxygens (including phenoxy) is 1. The SMILES string of the molecule is COC(=O)/C=C/c1c[nH]c2c3c(cc(S)c12)C(=O)N(Cc1ccccc1)C3=O. The molecule has 0 bridgehead atoms. The number of esters is 1. The van der Waals surface area contributed by atoms with E-state index in [0.717, 1.165) is 5.56 Å². The number of fused-ring (bicyclic) bond motifs is 3. The van der Waals surface area contributed by atoms with Gasteiger partial charge in [0.25, 0.3) is 11.8 Å². The van der Waals surface area contributed by atoms with E-state index in [1.807, 2.05) is 30.3 Å². The summed E-state index contributed by atoms with van der Waals surface area (Å²) < 4.78 is 4.61. The number of thiol groups is 1. The van der Waals surface area contributed by atoms with Crippen molar-refractivity contribution in [1.29, 1.82) is 0 Å². The van der Waals surface area contributed by atoms with Crippen LogP contribution in [0.4, 0.5) is 0 Å². The molecule has 2 amide bonds. The maximum absolute atomic E-state index is 13.0. The van der Waals surface area contributed by atoms with Gasteiger partial charge in [-0.25, -0.2) is 4.79 Å². The highest BCUT2D eigenvalue weighted by Gasteiger charge is 2.38. The first kappa shape index (κ1) is 18.1. The van der Waals surface area contributed by atoms with Gasteiger partial charge in [-0.05, 0) is 17.7 Å². The number of carbonyl (C=O) groups is 3. The number of amides is 2. The number of hydrogen-bond acceptors (Lipinski definition) is 5. The van der Waals surface area contributed by atoms with Crippen LogP contribution in [0.15, 0.2) is 53.6 Å². The second-order valence-electron chi connectivity index (χ2n) is 6.35. The first-order valence-electron chi connectivity index (χ1n) is 8.54. The molecule has 1 aliphatic heterocycles. The molecule has 1 aliphatic rings. The second-order valence-corrected chi connectivity index (χ2v) is 6.83. The fourth-order valence-electron chi connectivity index (χ4n) is 3.36. The molecule has 0 saturated heterocycles. The molecule has 0 radical (unpaired) electrons. The van der Waals surface area contributed by atoms with Crippen LogP contribution in [-0.4, -0.2) is 34.8 Å². The van der Waals surface area contributed by atoms with Crippen molar-refractivity contribution >= 4 is 47.4 Å². The number of hydrogen-bond donors (Lipinski definition) is 2. The number of benzene rings is 2. The Hall–Kier alpha value is -3.32. The molecule has 0 fully saturated rings. The smallest absolute Gasteiger partial charge is 0.330 e. The number of H-pyrrole nitrogens is 1. The molecule has 1 N–H and O–H groups in total. The number of nitrogens with zero attached hydrogens (tertiary/aromatic N) is 1. The van der Waals surface area contributed by atoms with Gasteiger partial charge in [0.15, 0.2) is 0 Å². The van der Waals surface area contributed by atoms with Gasteiger partial charge in [0.1, 0.15) is 0 Å². The van der Waals surface area contributed by atoms with Crippen LogP contribution in [0.25, 0.3) is 17.0 Å². The van der Waals surface area contributed by atoms with Gasteiger partial charge in [0.05, 0.1) is 30.3 Å². The van der Waals surface area contributed by atoms with E-state index in [2.05, 4.69) is 22.3 Å². The maximum atomic E-state index is 13.0. The lowest BCUT2D eigenvalue weighted by molar-refractivity contribution is -0.134. The third-order valence-electron chi connectivity index (χ3n) is 4.69. The minimum absolute atomic E-state index is 0.201. The van der Waals surface area contributed by atoms with Crippen molar-refractivity contribution in [3.63, 3.8) is 0 Å². The third kappa shape index (κ3) is 2.90. The molecule has 28 heavy (non-hydrogen) atoms. The van der Waals surface area contributed by atoms with E-state index in [-0.39, 0.29) is 18.4 Å². The molecule has 0 unspecified atom stereocenters. The fraction of sp³-hybridized carbons (Fsp3) is 0.0952. The molecule has 140 valence electrons. The summed E-state index contributed by atoms with van der Waals surface area (Å²) in [7, 11) is 1.30. The number of nitrogens with one attached hydrogen (secondary N) is 1. The van der Waals surface area contributed by atoms with Gasteiger partial charge >= 0.3 is 5.97 Å². The predicted molar refractivity (Wildman–Crippen MR) is 107 cm³/mol. The van der Waals surface area contributed by atoms with Crippen molar-refractivity contribution in [3.05, 3.63) is 70.9 Å². The molecule has 0 atom stereocenters. The summed E-state index contributed by atoms with van der Waals surface area (Å²) >= 11 is 4.50. The standard InChI is InChI=1S/C21H16N2O4S/c1-27-16(24)8-7-13-10-22-19-17(13)15(28)9-14-18(19)21(26)23(20(14)25)11-12-5-3-2-4-6-12/h2-10,22,28H,11H2,1H3/b8-7+. The second kappa shape index (κ2) is 7.01. The highest BCUT2D eigenvalue weighted by molar-refractivity contribution is 7.80. The van der Waals surface area contributed by atoms with Gasteiger partial charge in [0.2, 0.25) is 0 Å². The first-order valence-corrected chi connectivity index (χ1v) is 8.99. The molecule has 0 aliphatic carbocycles. The lowest BCUT2D eigenvalue weighted by Gasteiger charge is -2.13. The number of aromatic amines is 1.